The SMILES string of the molecule is CC1(C)SC(=S)N(Cc2ccoc2)C(=O)C1NC(=O)c1ccc([N+](=O)[O-])cc1. The van der Waals surface area contributed by atoms with Gasteiger partial charge in [0.2, 0.25) is 0 Å². The van der Waals surface area contributed by atoms with E-state index in [2.05, 4.69) is 5.32 Å². The molecule has 2 heterocycles. The van der Waals surface area contributed by atoms with Crippen LogP contribution >= 0.6 is 24.0 Å². The number of non-ortho nitro benzene ring substituents is 1. The zero-order chi connectivity index (χ0) is 20.5. The number of amides is 2. The van der Waals surface area contributed by atoms with Crippen LogP contribution in [-0.4, -0.2) is 36.7 Å². The van der Waals surface area contributed by atoms with Gasteiger partial charge in [-0.05, 0) is 32.0 Å². The Balaban J connectivity index is 1.79. The lowest BCUT2D eigenvalue weighted by atomic mass is 10.00. The summed E-state index contributed by atoms with van der Waals surface area (Å²) in [5.41, 5.74) is 0.906. The average molecular weight is 419 g/mol. The summed E-state index contributed by atoms with van der Waals surface area (Å²) in [6, 6.07) is 6.13. The number of nitro groups is 1. The van der Waals surface area contributed by atoms with E-state index in [1.807, 2.05) is 13.8 Å². The van der Waals surface area contributed by atoms with Gasteiger partial charge in [-0.1, -0.05) is 24.0 Å². The van der Waals surface area contributed by atoms with Crippen molar-refractivity contribution in [1.82, 2.24) is 10.2 Å². The molecule has 28 heavy (non-hydrogen) atoms. The van der Waals surface area contributed by atoms with E-state index < -0.39 is 21.6 Å². The molecule has 1 N–H and O–H groups in total. The molecule has 3 rings (SSSR count). The monoisotopic (exact) mass is 419 g/mol. The fourth-order valence-corrected chi connectivity index (χ4v) is 4.57. The number of rotatable bonds is 5. The molecule has 1 aromatic heterocycles. The zero-order valence-corrected chi connectivity index (χ0v) is 16.7. The molecule has 0 spiro atoms. The van der Waals surface area contributed by atoms with Gasteiger partial charge in [0.25, 0.3) is 17.5 Å². The third-order valence-electron chi connectivity index (χ3n) is 4.32. The minimum Gasteiger partial charge on any atom is -0.472 e. The van der Waals surface area contributed by atoms with Crippen molar-refractivity contribution in [3.8, 4) is 0 Å². The first-order chi connectivity index (χ1) is 13.2. The molecule has 1 saturated heterocycles. The van der Waals surface area contributed by atoms with Crippen LogP contribution in [0.15, 0.2) is 47.3 Å². The van der Waals surface area contributed by atoms with E-state index in [-0.39, 0.29) is 23.7 Å². The van der Waals surface area contributed by atoms with Gasteiger partial charge < -0.3 is 9.73 Å². The van der Waals surface area contributed by atoms with Crippen molar-refractivity contribution in [3.63, 3.8) is 0 Å². The van der Waals surface area contributed by atoms with Gasteiger partial charge >= 0.3 is 0 Å². The fourth-order valence-electron chi connectivity index (χ4n) is 2.77. The molecule has 0 bridgehead atoms. The fraction of sp³-hybridized carbons (Fsp3) is 0.278. The number of carbonyl (C=O) groups is 2. The molecular formula is C18H17N3O5S2. The van der Waals surface area contributed by atoms with Crippen LogP contribution in [0.4, 0.5) is 5.69 Å². The lowest BCUT2D eigenvalue weighted by molar-refractivity contribution is -0.384. The lowest BCUT2D eigenvalue weighted by Gasteiger charge is -2.42. The van der Waals surface area contributed by atoms with Gasteiger partial charge in [-0.2, -0.15) is 0 Å². The molecule has 1 unspecified atom stereocenters. The molecule has 2 amide bonds. The van der Waals surface area contributed by atoms with E-state index in [4.69, 9.17) is 16.6 Å². The molecule has 0 saturated carbocycles. The van der Waals surface area contributed by atoms with Crippen molar-refractivity contribution >= 4 is 45.8 Å². The number of hydrogen-bond donors (Lipinski definition) is 1. The molecule has 8 nitrogen and oxygen atoms in total. The Morgan fingerprint density at radius 3 is 2.61 bits per heavy atom. The number of nitro benzene ring substituents is 1. The predicted molar refractivity (Wildman–Crippen MR) is 108 cm³/mol. The molecule has 1 aromatic carbocycles. The summed E-state index contributed by atoms with van der Waals surface area (Å²) < 4.78 is 4.81. The average Bonchev–Trinajstić information content (AvgIpc) is 3.15. The third-order valence-corrected chi connectivity index (χ3v) is 5.94. The van der Waals surface area contributed by atoms with Crippen LogP contribution < -0.4 is 5.32 Å². The Bertz CT molecular complexity index is 925. The second kappa shape index (κ2) is 7.72. The molecule has 10 heteroatoms. The van der Waals surface area contributed by atoms with E-state index in [1.54, 1.807) is 6.07 Å². The number of nitrogens with zero attached hydrogens (tertiary/aromatic N) is 2. The van der Waals surface area contributed by atoms with Gasteiger partial charge in [-0.25, -0.2) is 0 Å². The van der Waals surface area contributed by atoms with Crippen LogP contribution in [0.3, 0.4) is 0 Å². The van der Waals surface area contributed by atoms with Crippen LogP contribution in [0.5, 0.6) is 0 Å². The maximum Gasteiger partial charge on any atom is 0.269 e. The maximum atomic E-state index is 13.1. The van der Waals surface area contributed by atoms with Crippen molar-refractivity contribution in [1.29, 1.82) is 0 Å². The second-order valence-electron chi connectivity index (χ2n) is 6.74. The number of hydrogen-bond acceptors (Lipinski definition) is 7. The Morgan fingerprint density at radius 2 is 2.04 bits per heavy atom. The number of nitrogens with one attached hydrogen (secondary N) is 1. The van der Waals surface area contributed by atoms with Crippen LogP contribution in [0.25, 0.3) is 0 Å². The Hall–Kier alpha value is -2.72. The maximum absolute atomic E-state index is 13.1. The Kier molecular flexibility index (Phi) is 5.52. The van der Waals surface area contributed by atoms with E-state index in [9.17, 15) is 19.7 Å². The van der Waals surface area contributed by atoms with E-state index in [0.29, 0.717) is 4.32 Å². The summed E-state index contributed by atoms with van der Waals surface area (Å²) in [7, 11) is 0. The van der Waals surface area contributed by atoms with Crippen LogP contribution in [-0.2, 0) is 11.3 Å². The normalized spacial score (nSPS) is 18.8. The van der Waals surface area contributed by atoms with Crippen LogP contribution in [0.2, 0.25) is 0 Å². The molecule has 1 atom stereocenters. The molecular weight excluding hydrogens is 402 g/mol. The largest absolute Gasteiger partial charge is 0.472 e. The van der Waals surface area contributed by atoms with Crippen molar-refractivity contribution < 1.29 is 18.9 Å². The van der Waals surface area contributed by atoms with Crippen molar-refractivity contribution in [2.24, 2.45) is 0 Å². The van der Waals surface area contributed by atoms with Gasteiger partial charge in [0.1, 0.15) is 10.4 Å². The first kappa shape index (κ1) is 20.0. The summed E-state index contributed by atoms with van der Waals surface area (Å²) in [6.07, 6.45) is 3.04. The van der Waals surface area contributed by atoms with Gasteiger partial charge in [-0.15, -0.1) is 0 Å². The summed E-state index contributed by atoms with van der Waals surface area (Å²) >= 11 is 6.72. The molecule has 146 valence electrons. The molecule has 1 aliphatic heterocycles. The van der Waals surface area contributed by atoms with Crippen molar-refractivity contribution in [2.45, 2.75) is 31.2 Å². The van der Waals surface area contributed by atoms with Gasteiger partial charge in [0.15, 0.2) is 0 Å². The van der Waals surface area contributed by atoms with Crippen LogP contribution in [0.1, 0.15) is 29.8 Å². The zero-order valence-electron chi connectivity index (χ0n) is 15.1. The van der Waals surface area contributed by atoms with Crippen LogP contribution in [0, 0.1) is 10.1 Å². The highest BCUT2D eigenvalue weighted by atomic mass is 32.2. The molecule has 1 aliphatic rings. The van der Waals surface area contributed by atoms with Crippen molar-refractivity contribution in [2.75, 3.05) is 0 Å². The standard InChI is InChI=1S/C18H17N3O5S2/c1-18(2)14(19-15(22)12-3-5-13(6-4-12)21(24)25)16(23)20(17(27)28-18)9-11-7-8-26-10-11/h3-8,10,14H,9H2,1-2H3,(H,19,22). The first-order valence-corrected chi connectivity index (χ1v) is 9.52. The smallest absolute Gasteiger partial charge is 0.269 e. The lowest BCUT2D eigenvalue weighted by Crippen LogP contribution is -2.62. The number of furan rings is 1. The summed E-state index contributed by atoms with van der Waals surface area (Å²) in [4.78, 5) is 37.4. The predicted octanol–water partition coefficient (Wildman–Crippen LogP) is 3.13. The quantitative estimate of drug-likeness (QED) is 0.451. The van der Waals surface area contributed by atoms with Crippen molar-refractivity contribution in [3.05, 3.63) is 64.1 Å². The van der Waals surface area contributed by atoms with E-state index in [0.717, 1.165) is 5.56 Å². The summed E-state index contributed by atoms with van der Waals surface area (Å²) in [5.74, 6) is -0.803. The van der Waals surface area contributed by atoms with Gasteiger partial charge in [-0.3, -0.25) is 24.6 Å². The molecule has 0 radical (unpaired) electrons. The van der Waals surface area contributed by atoms with E-state index in [1.165, 1.54) is 53.5 Å². The minimum atomic E-state index is -0.821. The molecule has 0 aliphatic carbocycles. The van der Waals surface area contributed by atoms with Gasteiger partial charge in [0, 0.05) is 28.0 Å². The number of thiocarbonyl (C=S) groups is 1. The number of thioether (sulfide) groups is 1. The highest BCUT2D eigenvalue weighted by molar-refractivity contribution is 8.24. The third kappa shape index (κ3) is 4.07. The topological polar surface area (TPSA) is 106 Å². The minimum absolute atomic E-state index is 0.113. The van der Waals surface area contributed by atoms with E-state index >= 15 is 0 Å². The Labute approximate surface area is 170 Å². The first-order valence-electron chi connectivity index (χ1n) is 8.30. The highest BCUT2D eigenvalue weighted by Gasteiger charge is 2.46. The molecule has 1 fully saturated rings. The number of carbonyl (C=O) groups excluding carboxylic acids is 2. The second-order valence-corrected chi connectivity index (χ2v) is 9.03. The number of benzene rings is 1. The highest BCUT2D eigenvalue weighted by Crippen LogP contribution is 2.37. The summed E-state index contributed by atoms with van der Waals surface area (Å²) in [6.45, 7) is 3.91. The summed E-state index contributed by atoms with van der Waals surface area (Å²) in [5, 5.41) is 13.5. The van der Waals surface area contributed by atoms with Gasteiger partial charge in [0.05, 0.1) is 24.0 Å². The molecule has 2 aromatic rings. The Morgan fingerprint density at radius 1 is 1.36 bits per heavy atom.